The van der Waals surface area contributed by atoms with Crippen LogP contribution in [-0.4, -0.2) is 31.3 Å². The Labute approximate surface area is 107 Å². The van der Waals surface area contributed by atoms with Crippen LogP contribution in [-0.2, 0) is 11.2 Å². The quantitative estimate of drug-likeness (QED) is 0.867. The number of hydrogen-bond acceptors (Lipinski definition) is 3. The maximum absolute atomic E-state index is 12.1. The van der Waals surface area contributed by atoms with Gasteiger partial charge in [-0.2, -0.15) is 0 Å². The maximum atomic E-state index is 12.1. The molecule has 1 unspecified atom stereocenters. The number of ether oxygens (including phenoxy) is 1. The monoisotopic (exact) mass is 246 g/mol. The summed E-state index contributed by atoms with van der Waals surface area (Å²) in [6.45, 7) is 4.46. The van der Waals surface area contributed by atoms with Gasteiger partial charge in [0.05, 0.1) is 12.2 Å². The van der Waals surface area contributed by atoms with Crippen LogP contribution in [0.4, 0.5) is 10.5 Å². The summed E-state index contributed by atoms with van der Waals surface area (Å²) in [5, 5.41) is 3.27. The van der Waals surface area contributed by atoms with E-state index in [9.17, 15) is 4.79 Å². The lowest BCUT2D eigenvalue weighted by Gasteiger charge is -2.20. The molecule has 3 rings (SSSR count). The van der Waals surface area contributed by atoms with Gasteiger partial charge in [0, 0.05) is 13.0 Å². The van der Waals surface area contributed by atoms with E-state index in [0.29, 0.717) is 6.54 Å². The van der Waals surface area contributed by atoms with Gasteiger partial charge in [-0.25, -0.2) is 4.79 Å². The highest BCUT2D eigenvalue weighted by Gasteiger charge is 2.47. The summed E-state index contributed by atoms with van der Waals surface area (Å²) >= 11 is 0. The smallest absolute Gasteiger partial charge is 0.415 e. The van der Waals surface area contributed by atoms with Crippen molar-refractivity contribution in [3.05, 3.63) is 29.8 Å². The number of para-hydroxylation sites is 1. The summed E-state index contributed by atoms with van der Waals surface area (Å²) in [6.07, 6.45) is 1.62. The van der Waals surface area contributed by atoms with Crippen LogP contribution >= 0.6 is 0 Å². The van der Waals surface area contributed by atoms with Crippen LogP contribution < -0.4 is 10.2 Å². The Bertz CT molecular complexity index is 467. The van der Waals surface area contributed by atoms with Crippen LogP contribution in [0.2, 0.25) is 0 Å². The Hall–Kier alpha value is -1.55. The third kappa shape index (κ3) is 1.77. The molecule has 2 fully saturated rings. The van der Waals surface area contributed by atoms with Crippen molar-refractivity contribution < 1.29 is 9.53 Å². The van der Waals surface area contributed by atoms with E-state index in [1.54, 1.807) is 4.90 Å². The van der Waals surface area contributed by atoms with Crippen LogP contribution in [0.25, 0.3) is 0 Å². The van der Waals surface area contributed by atoms with Gasteiger partial charge >= 0.3 is 6.09 Å². The molecule has 1 N–H and O–H groups in total. The van der Waals surface area contributed by atoms with Crippen LogP contribution in [0.5, 0.6) is 0 Å². The number of amides is 1. The average molecular weight is 246 g/mol. The van der Waals surface area contributed by atoms with E-state index < -0.39 is 0 Å². The minimum absolute atomic E-state index is 0.209. The molecule has 0 radical (unpaired) electrons. The first-order chi connectivity index (χ1) is 8.74. The summed E-state index contributed by atoms with van der Waals surface area (Å²) in [7, 11) is 0. The van der Waals surface area contributed by atoms with Crippen LogP contribution in [0, 0.1) is 0 Å². The summed E-state index contributed by atoms with van der Waals surface area (Å²) in [6, 6.07) is 8.05. The molecule has 4 nitrogen and oxygen atoms in total. The molecule has 96 valence electrons. The lowest BCUT2D eigenvalue weighted by molar-refractivity contribution is 0.0733. The fourth-order valence-electron chi connectivity index (χ4n) is 2.82. The number of carbonyl (C=O) groups is 1. The minimum Gasteiger partial charge on any atom is -0.439 e. The molecule has 1 atom stereocenters. The first kappa shape index (κ1) is 11.5. The van der Waals surface area contributed by atoms with Crippen molar-refractivity contribution in [2.75, 3.05) is 24.5 Å². The number of carbonyl (C=O) groups excluding carboxylic acids is 1. The summed E-state index contributed by atoms with van der Waals surface area (Å²) in [5.41, 5.74) is 1.88. The summed E-state index contributed by atoms with van der Waals surface area (Å²) in [5.74, 6) is 0. The fraction of sp³-hybridized carbons (Fsp3) is 0.500. The predicted octanol–water partition coefficient (Wildman–Crippen LogP) is 1.94. The van der Waals surface area contributed by atoms with Gasteiger partial charge in [0.1, 0.15) is 5.60 Å². The van der Waals surface area contributed by atoms with Crippen molar-refractivity contribution in [2.24, 2.45) is 0 Å². The highest BCUT2D eigenvalue weighted by Crippen LogP contribution is 2.33. The Morgan fingerprint density at radius 3 is 3.00 bits per heavy atom. The highest BCUT2D eigenvalue weighted by atomic mass is 16.6. The second-order valence-electron chi connectivity index (χ2n) is 5.05. The van der Waals surface area contributed by atoms with Gasteiger partial charge in [0.15, 0.2) is 0 Å². The Kier molecular flexibility index (Phi) is 2.74. The normalized spacial score (nSPS) is 26.9. The van der Waals surface area contributed by atoms with Gasteiger partial charge < -0.3 is 10.1 Å². The van der Waals surface area contributed by atoms with Gasteiger partial charge in [0.25, 0.3) is 0 Å². The van der Waals surface area contributed by atoms with Crippen molar-refractivity contribution >= 4 is 11.8 Å². The molecule has 1 aromatic rings. The summed E-state index contributed by atoms with van der Waals surface area (Å²) < 4.78 is 5.60. The average Bonchev–Trinajstić information content (AvgIpc) is 2.97. The first-order valence-corrected chi connectivity index (χ1v) is 6.53. The van der Waals surface area contributed by atoms with E-state index >= 15 is 0 Å². The number of nitrogens with one attached hydrogen (secondary N) is 1. The number of anilines is 1. The third-order valence-electron chi connectivity index (χ3n) is 3.84. The van der Waals surface area contributed by atoms with Gasteiger partial charge in [-0.05, 0) is 24.6 Å². The van der Waals surface area contributed by atoms with E-state index in [0.717, 1.165) is 31.6 Å². The molecule has 4 heteroatoms. The number of hydrogen-bond donors (Lipinski definition) is 1. The van der Waals surface area contributed by atoms with E-state index in [-0.39, 0.29) is 11.7 Å². The molecule has 1 aromatic carbocycles. The zero-order valence-corrected chi connectivity index (χ0v) is 10.6. The van der Waals surface area contributed by atoms with Crippen molar-refractivity contribution in [2.45, 2.75) is 25.4 Å². The zero-order chi connectivity index (χ0) is 12.6. The van der Waals surface area contributed by atoms with Gasteiger partial charge in [-0.15, -0.1) is 0 Å². The highest BCUT2D eigenvalue weighted by molar-refractivity contribution is 5.91. The Balaban J connectivity index is 1.91. The second kappa shape index (κ2) is 4.28. The van der Waals surface area contributed by atoms with E-state index in [1.165, 1.54) is 5.56 Å². The number of nitrogens with zero attached hydrogens (tertiary/aromatic N) is 1. The standard InChI is InChI=1S/C14H18N2O2/c1-2-11-5-3-4-6-12(11)16-10-14(18-13(16)17)7-8-15-9-14/h3-6,15H,2,7-10H2,1H3. The minimum atomic E-state index is -0.308. The van der Waals surface area contributed by atoms with E-state index in [1.807, 2.05) is 18.2 Å². The third-order valence-corrected chi connectivity index (χ3v) is 3.84. The number of rotatable bonds is 2. The molecule has 1 amide bonds. The van der Waals surface area contributed by atoms with Crippen molar-refractivity contribution in [3.63, 3.8) is 0 Å². The largest absolute Gasteiger partial charge is 0.439 e. The van der Waals surface area contributed by atoms with Crippen molar-refractivity contribution in [1.82, 2.24) is 5.32 Å². The molecular weight excluding hydrogens is 228 g/mol. The molecule has 0 bridgehead atoms. The van der Waals surface area contributed by atoms with Crippen molar-refractivity contribution in [3.8, 4) is 0 Å². The van der Waals surface area contributed by atoms with Crippen molar-refractivity contribution in [1.29, 1.82) is 0 Å². The van der Waals surface area contributed by atoms with Crippen LogP contribution in [0.3, 0.4) is 0 Å². The molecule has 0 aliphatic carbocycles. The first-order valence-electron chi connectivity index (χ1n) is 6.53. The molecule has 2 aliphatic heterocycles. The van der Waals surface area contributed by atoms with Gasteiger partial charge in [0.2, 0.25) is 0 Å². The van der Waals surface area contributed by atoms with Gasteiger partial charge in [-0.3, -0.25) is 4.90 Å². The lowest BCUT2D eigenvalue weighted by atomic mass is 10.0. The maximum Gasteiger partial charge on any atom is 0.415 e. The van der Waals surface area contributed by atoms with Crippen LogP contribution in [0.1, 0.15) is 18.9 Å². The number of aryl methyl sites for hydroxylation is 1. The molecule has 2 aliphatic rings. The SMILES string of the molecule is CCc1ccccc1N1CC2(CCNC2)OC1=O. The predicted molar refractivity (Wildman–Crippen MR) is 69.9 cm³/mol. The Morgan fingerprint density at radius 2 is 2.28 bits per heavy atom. The fourth-order valence-corrected chi connectivity index (χ4v) is 2.82. The van der Waals surface area contributed by atoms with E-state index in [4.69, 9.17) is 4.74 Å². The zero-order valence-electron chi connectivity index (χ0n) is 10.6. The molecule has 2 heterocycles. The molecule has 2 saturated heterocycles. The van der Waals surface area contributed by atoms with E-state index in [2.05, 4.69) is 18.3 Å². The second-order valence-corrected chi connectivity index (χ2v) is 5.05. The molecule has 1 spiro atoms. The topological polar surface area (TPSA) is 41.6 Å². The number of benzene rings is 1. The molecule has 18 heavy (non-hydrogen) atoms. The lowest BCUT2D eigenvalue weighted by Crippen LogP contribution is -2.36. The van der Waals surface area contributed by atoms with Crippen LogP contribution in [0.15, 0.2) is 24.3 Å². The summed E-state index contributed by atoms with van der Waals surface area (Å²) in [4.78, 5) is 13.9. The molecule has 0 aromatic heterocycles. The molecular formula is C14H18N2O2. The van der Waals surface area contributed by atoms with Gasteiger partial charge in [-0.1, -0.05) is 25.1 Å². The Morgan fingerprint density at radius 1 is 1.44 bits per heavy atom. The molecule has 0 saturated carbocycles.